The van der Waals surface area contributed by atoms with E-state index < -0.39 is 11.8 Å². The summed E-state index contributed by atoms with van der Waals surface area (Å²) in [5, 5.41) is 5.74. The van der Waals surface area contributed by atoms with Crippen LogP contribution in [0.3, 0.4) is 0 Å². The molecule has 0 bridgehead atoms. The van der Waals surface area contributed by atoms with Crippen molar-refractivity contribution in [1.82, 2.24) is 10.2 Å². The second-order valence-corrected chi connectivity index (χ2v) is 3.22. The number of nitrogens with zero attached hydrogens (tertiary/aromatic N) is 4. The average Bonchev–Trinajstić information content (AvgIpc) is 2.62. The van der Waals surface area contributed by atoms with E-state index in [1.54, 1.807) is 0 Å². The van der Waals surface area contributed by atoms with Gasteiger partial charge in [-0.3, -0.25) is 19.3 Å². The Kier molecular flexibility index (Phi) is 4.71. The summed E-state index contributed by atoms with van der Waals surface area (Å²) in [5.41, 5.74) is 7.99. The van der Waals surface area contributed by atoms with Gasteiger partial charge in [0, 0.05) is 43.1 Å². The summed E-state index contributed by atoms with van der Waals surface area (Å²) in [4.78, 5) is 37.0. The average molecular weight is 237 g/mol. The molecule has 8 heteroatoms. The first-order chi connectivity index (χ1) is 8.15. The molecular weight excluding hydrogens is 226 g/mol. The van der Waals surface area contributed by atoms with E-state index in [9.17, 15) is 14.4 Å². The number of nitrogens with one attached hydrogen (secondary N) is 1. The number of carbonyl (C=O) groups is 3. The molecule has 17 heavy (non-hydrogen) atoms. The highest BCUT2D eigenvalue weighted by Gasteiger charge is 2.23. The van der Waals surface area contributed by atoms with Gasteiger partial charge >= 0.3 is 0 Å². The van der Waals surface area contributed by atoms with Crippen LogP contribution in [0, 0.1) is 0 Å². The molecular formula is C9H11N5O3. The fraction of sp³-hybridized carbons (Fsp3) is 0.444. The topological polar surface area (TPSA) is 115 Å². The van der Waals surface area contributed by atoms with Crippen molar-refractivity contribution >= 4 is 17.7 Å². The van der Waals surface area contributed by atoms with Crippen LogP contribution in [-0.2, 0) is 14.4 Å². The molecule has 0 unspecified atom stereocenters. The maximum absolute atomic E-state index is 11.3. The van der Waals surface area contributed by atoms with E-state index >= 15 is 0 Å². The summed E-state index contributed by atoms with van der Waals surface area (Å²) in [6.45, 7) is 0.465. The predicted molar refractivity (Wildman–Crippen MR) is 57.5 cm³/mol. The van der Waals surface area contributed by atoms with Crippen LogP contribution in [-0.4, -0.2) is 42.3 Å². The van der Waals surface area contributed by atoms with Crippen molar-refractivity contribution in [3.8, 4) is 0 Å². The Bertz CT molecular complexity index is 393. The van der Waals surface area contributed by atoms with Gasteiger partial charge in [0.1, 0.15) is 0 Å². The molecule has 1 rings (SSSR count). The summed E-state index contributed by atoms with van der Waals surface area (Å²) >= 11 is 0. The van der Waals surface area contributed by atoms with Gasteiger partial charge in [-0.25, -0.2) is 0 Å². The Hall–Kier alpha value is -2.34. The van der Waals surface area contributed by atoms with Gasteiger partial charge in [0.25, 0.3) is 11.8 Å². The smallest absolute Gasteiger partial charge is 0.253 e. The highest BCUT2D eigenvalue weighted by molar-refractivity contribution is 6.13. The normalized spacial score (nSPS) is 13.8. The van der Waals surface area contributed by atoms with Crippen LogP contribution in [0.5, 0.6) is 0 Å². The van der Waals surface area contributed by atoms with Crippen molar-refractivity contribution in [2.75, 3.05) is 19.6 Å². The molecule has 0 aliphatic carbocycles. The van der Waals surface area contributed by atoms with E-state index in [0.29, 0.717) is 0 Å². The second kappa shape index (κ2) is 6.29. The van der Waals surface area contributed by atoms with Gasteiger partial charge in [0.2, 0.25) is 5.91 Å². The summed E-state index contributed by atoms with van der Waals surface area (Å²) in [5.74, 6) is -1.11. The number of hydrogen-bond donors (Lipinski definition) is 1. The van der Waals surface area contributed by atoms with E-state index in [0.717, 1.165) is 4.90 Å². The van der Waals surface area contributed by atoms with Crippen LogP contribution >= 0.6 is 0 Å². The Morgan fingerprint density at radius 1 is 1.41 bits per heavy atom. The van der Waals surface area contributed by atoms with Crippen molar-refractivity contribution in [3.05, 3.63) is 22.6 Å². The molecule has 0 spiro atoms. The van der Waals surface area contributed by atoms with Gasteiger partial charge in [-0.1, -0.05) is 5.11 Å². The molecule has 0 aromatic rings. The zero-order chi connectivity index (χ0) is 12.7. The number of carbonyl (C=O) groups excluding carboxylic acids is 3. The van der Waals surface area contributed by atoms with E-state index in [2.05, 4.69) is 15.3 Å². The van der Waals surface area contributed by atoms with Crippen LogP contribution in [0.25, 0.3) is 10.4 Å². The van der Waals surface area contributed by atoms with Crippen molar-refractivity contribution in [3.63, 3.8) is 0 Å². The minimum Gasteiger partial charge on any atom is -0.356 e. The molecule has 1 aliphatic rings. The fourth-order valence-electron chi connectivity index (χ4n) is 1.24. The van der Waals surface area contributed by atoms with Crippen molar-refractivity contribution < 1.29 is 14.4 Å². The fourth-order valence-corrected chi connectivity index (χ4v) is 1.24. The van der Waals surface area contributed by atoms with E-state index in [1.165, 1.54) is 12.2 Å². The van der Waals surface area contributed by atoms with Crippen LogP contribution in [0.2, 0.25) is 0 Å². The third kappa shape index (κ3) is 3.96. The van der Waals surface area contributed by atoms with Gasteiger partial charge < -0.3 is 5.32 Å². The highest BCUT2D eigenvalue weighted by atomic mass is 16.2. The van der Waals surface area contributed by atoms with Crippen LogP contribution in [0.1, 0.15) is 6.42 Å². The molecule has 8 nitrogen and oxygen atoms in total. The van der Waals surface area contributed by atoms with Crippen molar-refractivity contribution in [2.45, 2.75) is 6.42 Å². The lowest BCUT2D eigenvalue weighted by molar-refractivity contribution is -0.137. The van der Waals surface area contributed by atoms with E-state index in [1.807, 2.05) is 0 Å². The molecule has 1 N–H and O–H groups in total. The monoisotopic (exact) mass is 237 g/mol. The largest absolute Gasteiger partial charge is 0.356 e. The Labute approximate surface area is 96.9 Å². The Morgan fingerprint density at radius 3 is 2.65 bits per heavy atom. The highest BCUT2D eigenvalue weighted by Crippen LogP contribution is 2.03. The standard InChI is InChI=1S/C9H11N5O3/c10-13-12-5-4-11-7(15)3-6-14-8(16)1-2-9(14)17/h1-2H,3-6H2,(H,11,15). The van der Waals surface area contributed by atoms with Crippen LogP contribution in [0.15, 0.2) is 17.3 Å². The first-order valence-corrected chi connectivity index (χ1v) is 4.96. The summed E-state index contributed by atoms with van der Waals surface area (Å²) < 4.78 is 0. The lowest BCUT2D eigenvalue weighted by atomic mass is 10.3. The molecule has 0 atom stereocenters. The zero-order valence-corrected chi connectivity index (χ0v) is 9.00. The van der Waals surface area contributed by atoms with Crippen molar-refractivity contribution in [2.24, 2.45) is 5.11 Å². The first kappa shape index (κ1) is 12.7. The molecule has 0 fully saturated rings. The number of hydrogen-bond acceptors (Lipinski definition) is 4. The number of amides is 3. The lowest BCUT2D eigenvalue weighted by Crippen LogP contribution is -2.35. The Morgan fingerprint density at radius 2 is 2.06 bits per heavy atom. The molecule has 0 aromatic heterocycles. The summed E-state index contributed by atoms with van der Waals surface area (Å²) in [6, 6.07) is 0. The van der Waals surface area contributed by atoms with Gasteiger partial charge in [-0.05, 0) is 5.53 Å². The molecule has 1 heterocycles. The van der Waals surface area contributed by atoms with Crippen molar-refractivity contribution in [1.29, 1.82) is 0 Å². The van der Waals surface area contributed by atoms with Crippen LogP contribution in [0.4, 0.5) is 0 Å². The molecule has 1 aliphatic heterocycles. The maximum atomic E-state index is 11.3. The minimum atomic E-state index is -0.406. The van der Waals surface area contributed by atoms with Gasteiger partial charge in [0.05, 0.1) is 0 Å². The number of rotatable bonds is 6. The Balaban J connectivity index is 2.22. The SMILES string of the molecule is [N-]=[N+]=NCCNC(=O)CCN1C(=O)C=CC1=O. The number of azide groups is 1. The van der Waals surface area contributed by atoms with Gasteiger partial charge in [-0.15, -0.1) is 0 Å². The van der Waals surface area contributed by atoms with E-state index in [-0.39, 0.29) is 32.0 Å². The molecule has 0 radical (unpaired) electrons. The van der Waals surface area contributed by atoms with E-state index in [4.69, 9.17) is 5.53 Å². The molecule has 0 saturated heterocycles. The molecule has 0 aromatic carbocycles. The molecule has 3 amide bonds. The summed E-state index contributed by atoms with van der Waals surface area (Å²) in [6.07, 6.45) is 2.37. The third-order valence-corrected chi connectivity index (χ3v) is 2.06. The number of imide groups is 1. The van der Waals surface area contributed by atoms with Gasteiger partial charge in [0.15, 0.2) is 0 Å². The third-order valence-electron chi connectivity index (χ3n) is 2.06. The molecule has 0 saturated carbocycles. The minimum absolute atomic E-state index is 0.0371. The zero-order valence-electron chi connectivity index (χ0n) is 9.00. The predicted octanol–water partition coefficient (Wildman–Crippen LogP) is -0.272. The van der Waals surface area contributed by atoms with Crippen LogP contribution < -0.4 is 5.32 Å². The lowest BCUT2D eigenvalue weighted by Gasteiger charge is -2.12. The summed E-state index contributed by atoms with van der Waals surface area (Å²) in [7, 11) is 0. The van der Waals surface area contributed by atoms with Gasteiger partial charge in [-0.2, -0.15) is 0 Å². The first-order valence-electron chi connectivity index (χ1n) is 4.96. The maximum Gasteiger partial charge on any atom is 0.253 e. The second-order valence-electron chi connectivity index (χ2n) is 3.22. The molecule has 90 valence electrons. The quantitative estimate of drug-likeness (QED) is 0.225.